The fourth-order valence-corrected chi connectivity index (χ4v) is 1.54. The lowest BCUT2D eigenvalue weighted by atomic mass is 10.2. The molecule has 0 aliphatic carbocycles. The minimum Gasteiger partial charge on any atom is -0.480 e. The summed E-state index contributed by atoms with van der Waals surface area (Å²) in [5.74, 6) is -0.580. The van der Waals surface area contributed by atoms with Gasteiger partial charge >= 0.3 is 5.97 Å². The Morgan fingerprint density at radius 1 is 1.62 bits per heavy atom. The van der Waals surface area contributed by atoms with E-state index in [2.05, 4.69) is 37.5 Å². The second-order valence-electron chi connectivity index (χ2n) is 2.90. The highest BCUT2D eigenvalue weighted by Gasteiger charge is 2.17. The Bertz CT molecular complexity index is 155. The number of thiol groups is 2. The molecule has 2 atom stereocenters. The van der Waals surface area contributed by atoms with Crippen molar-refractivity contribution >= 4 is 31.2 Å². The van der Waals surface area contributed by atoms with E-state index >= 15 is 0 Å². The number of unbranched alkanes of at least 4 members (excludes halogenated alkanes) is 1. The summed E-state index contributed by atoms with van der Waals surface area (Å²) < 4.78 is 0. The number of carboxylic acid groups (broad SMARTS) is 1. The smallest absolute Gasteiger partial charge is 0.321 e. The first-order chi connectivity index (χ1) is 6.11. The van der Waals surface area contributed by atoms with Crippen LogP contribution in [-0.4, -0.2) is 28.2 Å². The maximum absolute atomic E-state index is 10.6. The van der Waals surface area contributed by atoms with E-state index in [1.165, 1.54) is 0 Å². The molecule has 0 aromatic carbocycles. The lowest BCUT2D eigenvalue weighted by Crippen LogP contribution is -2.42. The molecule has 0 aromatic heterocycles. The first-order valence-corrected chi connectivity index (χ1v) is 5.54. The van der Waals surface area contributed by atoms with Gasteiger partial charge in [-0.15, -0.1) is 0 Å². The minimum absolute atomic E-state index is 0.0480. The molecule has 0 fully saturated rings. The monoisotopic (exact) mass is 223 g/mol. The van der Waals surface area contributed by atoms with E-state index in [-0.39, 0.29) is 5.37 Å². The van der Waals surface area contributed by atoms with Gasteiger partial charge in [0.05, 0.1) is 5.37 Å². The lowest BCUT2D eigenvalue weighted by molar-refractivity contribution is -0.138. The highest BCUT2D eigenvalue weighted by Crippen LogP contribution is 2.05. The Morgan fingerprint density at radius 2 is 2.23 bits per heavy atom. The van der Waals surface area contributed by atoms with Gasteiger partial charge in [0.1, 0.15) is 6.04 Å². The van der Waals surface area contributed by atoms with Crippen LogP contribution in [0.3, 0.4) is 0 Å². The molecule has 0 aromatic rings. The number of carbonyl (C=O) groups is 1. The molecule has 3 nitrogen and oxygen atoms in total. The minimum atomic E-state index is -0.870. The van der Waals surface area contributed by atoms with Crippen molar-refractivity contribution in [2.75, 3.05) is 5.75 Å². The van der Waals surface area contributed by atoms with Crippen molar-refractivity contribution in [3.05, 3.63) is 0 Å². The van der Waals surface area contributed by atoms with Gasteiger partial charge in [-0.2, -0.15) is 25.3 Å². The van der Waals surface area contributed by atoms with Gasteiger partial charge in [-0.1, -0.05) is 19.8 Å². The number of aliphatic carboxylic acids is 1. The quantitative estimate of drug-likeness (QED) is 0.390. The molecular formula is C8H17NO2S2. The second kappa shape index (κ2) is 7.53. The number of hydrogen-bond acceptors (Lipinski definition) is 4. The van der Waals surface area contributed by atoms with Crippen molar-refractivity contribution in [1.29, 1.82) is 0 Å². The maximum atomic E-state index is 10.6. The summed E-state index contributed by atoms with van der Waals surface area (Å²) in [6, 6.07) is -0.595. The molecule has 2 N–H and O–H groups in total. The molecule has 0 bridgehead atoms. The molecule has 0 amide bonds. The van der Waals surface area contributed by atoms with E-state index in [1.54, 1.807) is 0 Å². The molecule has 0 saturated carbocycles. The SMILES string of the molecule is CCCCC(S)N[C@@H](CS)C(=O)O. The predicted octanol–water partition coefficient (Wildman–Crippen LogP) is 1.41. The van der Waals surface area contributed by atoms with E-state index in [1.807, 2.05) is 0 Å². The molecule has 78 valence electrons. The molecule has 1 unspecified atom stereocenters. The number of rotatable bonds is 7. The molecule has 0 aliphatic rings. The van der Waals surface area contributed by atoms with Gasteiger partial charge in [0.15, 0.2) is 0 Å². The van der Waals surface area contributed by atoms with Crippen LogP contribution in [0.2, 0.25) is 0 Å². The fourth-order valence-electron chi connectivity index (χ4n) is 0.915. The van der Waals surface area contributed by atoms with Crippen LogP contribution in [0, 0.1) is 0 Å². The van der Waals surface area contributed by atoms with E-state index in [4.69, 9.17) is 5.11 Å². The van der Waals surface area contributed by atoms with E-state index in [9.17, 15) is 4.79 Å². The van der Waals surface area contributed by atoms with Crippen molar-refractivity contribution in [3.8, 4) is 0 Å². The normalized spacial score (nSPS) is 15.3. The van der Waals surface area contributed by atoms with Gasteiger partial charge in [-0.05, 0) is 6.42 Å². The van der Waals surface area contributed by atoms with Crippen LogP contribution in [0.4, 0.5) is 0 Å². The molecular weight excluding hydrogens is 206 g/mol. The topological polar surface area (TPSA) is 49.3 Å². The summed E-state index contributed by atoms with van der Waals surface area (Å²) >= 11 is 8.19. The zero-order valence-electron chi connectivity index (χ0n) is 7.73. The maximum Gasteiger partial charge on any atom is 0.321 e. The Labute approximate surface area is 90.1 Å². The van der Waals surface area contributed by atoms with Crippen molar-refractivity contribution in [1.82, 2.24) is 5.32 Å². The predicted molar refractivity (Wildman–Crippen MR) is 60.7 cm³/mol. The molecule has 13 heavy (non-hydrogen) atoms. The van der Waals surface area contributed by atoms with Gasteiger partial charge in [-0.3, -0.25) is 10.1 Å². The number of nitrogens with one attached hydrogen (secondary N) is 1. The standard InChI is InChI=1S/C8H17NO2S2/c1-2-3-4-7(13)9-6(5-12)8(10)11/h6-7,9,12-13H,2-5H2,1H3,(H,10,11)/t6-,7?/m0/s1. The van der Waals surface area contributed by atoms with E-state index < -0.39 is 12.0 Å². The molecule has 0 radical (unpaired) electrons. The van der Waals surface area contributed by atoms with E-state index in [0.29, 0.717) is 5.75 Å². The Balaban J connectivity index is 3.73. The van der Waals surface area contributed by atoms with Crippen LogP contribution in [0.25, 0.3) is 0 Å². The summed E-state index contributed by atoms with van der Waals surface area (Å²) in [6.07, 6.45) is 3.04. The zero-order chi connectivity index (χ0) is 10.3. The van der Waals surface area contributed by atoms with Gasteiger partial charge in [0.25, 0.3) is 0 Å². The summed E-state index contributed by atoms with van der Waals surface area (Å²) in [5.41, 5.74) is 0. The van der Waals surface area contributed by atoms with Crippen molar-refractivity contribution < 1.29 is 9.90 Å². The Hall–Kier alpha value is 0.130. The van der Waals surface area contributed by atoms with Crippen molar-refractivity contribution in [2.45, 2.75) is 37.6 Å². The summed E-state index contributed by atoms with van der Waals surface area (Å²) in [5, 5.41) is 11.5. The lowest BCUT2D eigenvalue weighted by Gasteiger charge is -2.17. The molecule has 0 spiro atoms. The molecule has 0 aliphatic heterocycles. The van der Waals surface area contributed by atoms with Crippen LogP contribution in [0.5, 0.6) is 0 Å². The Kier molecular flexibility index (Phi) is 7.60. The van der Waals surface area contributed by atoms with Crippen molar-refractivity contribution in [2.24, 2.45) is 0 Å². The third-order valence-electron chi connectivity index (χ3n) is 1.71. The summed E-state index contributed by atoms with van der Waals surface area (Å²) in [6.45, 7) is 2.09. The third kappa shape index (κ3) is 6.23. The van der Waals surface area contributed by atoms with Crippen LogP contribution >= 0.6 is 25.3 Å². The Morgan fingerprint density at radius 3 is 2.62 bits per heavy atom. The number of carboxylic acids is 1. The molecule has 0 rings (SSSR count). The van der Waals surface area contributed by atoms with Crippen LogP contribution in [-0.2, 0) is 4.79 Å². The van der Waals surface area contributed by atoms with Gasteiger partial charge in [-0.25, -0.2) is 0 Å². The van der Waals surface area contributed by atoms with Gasteiger partial charge in [0.2, 0.25) is 0 Å². The average molecular weight is 223 g/mol. The number of hydrogen-bond donors (Lipinski definition) is 4. The fraction of sp³-hybridized carbons (Fsp3) is 0.875. The van der Waals surface area contributed by atoms with Crippen molar-refractivity contribution in [3.63, 3.8) is 0 Å². The van der Waals surface area contributed by atoms with Gasteiger partial charge in [0, 0.05) is 5.75 Å². The summed E-state index contributed by atoms with van der Waals surface area (Å²) in [7, 11) is 0. The highest BCUT2D eigenvalue weighted by molar-refractivity contribution is 7.81. The first kappa shape index (κ1) is 13.1. The van der Waals surface area contributed by atoms with Crippen LogP contribution in [0.1, 0.15) is 26.2 Å². The third-order valence-corrected chi connectivity index (χ3v) is 2.48. The largest absolute Gasteiger partial charge is 0.480 e. The van der Waals surface area contributed by atoms with Gasteiger partial charge < -0.3 is 5.11 Å². The molecule has 0 saturated heterocycles. The average Bonchev–Trinajstić information content (AvgIpc) is 2.10. The van der Waals surface area contributed by atoms with Crippen LogP contribution < -0.4 is 5.32 Å². The van der Waals surface area contributed by atoms with Crippen LogP contribution in [0.15, 0.2) is 0 Å². The first-order valence-electron chi connectivity index (χ1n) is 4.39. The molecule has 5 heteroatoms. The molecule has 0 heterocycles. The summed E-state index contributed by atoms with van der Waals surface area (Å²) in [4.78, 5) is 10.6. The second-order valence-corrected chi connectivity index (χ2v) is 3.89. The highest BCUT2D eigenvalue weighted by atomic mass is 32.1. The van der Waals surface area contributed by atoms with E-state index in [0.717, 1.165) is 19.3 Å². The zero-order valence-corrected chi connectivity index (χ0v) is 9.52.